The number of carbonyl (C=O) groups excluding carboxylic acids is 2. The van der Waals surface area contributed by atoms with Crippen LogP contribution in [0.25, 0.3) is 10.9 Å². The third-order valence-corrected chi connectivity index (χ3v) is 4.81. The summed E-state index contributed by atoms with van der Waals surface area (Å²) in [6.07, 6.45) is 4.90. The van der Waals surface area contributed by atoms with Crippen LogP contribution >= 0.6 is 0 Å². The Morgan fingerprint density at radius 2 is 2.00 bits per heavy atom. The van der Waals surface area contributed by atoms with E-state index in [2.05, 4.69) is 20.8 Å². The Hall–Kier alpha value is -3.69. The van der Waals surface area contributed by atoms with Crippen molar-refractivity contribution >= 4 is 39.9 Å². The molecule has 1 saturated carbocycles. The van der Waals surface area contributed by atoms with Gasteiger partial charge in [0.05, 0.1) is 22.3 Å². The van der Waals surface area contributed by atoms with Gasteiger partial charge in [-0.25, -0.2) is 0 Å². The van der Waals surface area contributed by atoms with E-state index in [4.69, 9.17) is 4.11 Å². The number of hydrogen-bond donors (Lipinski definition) is 3. The minimum atomic E-state index is -2.73. The number of aryl methyl sites for hydroxylation is 2. The molecule has 1 fully saturated rings. The molecule has 29 heavy (non-hydrogen) atoms. The lowest BCUT2D eigenvalue weighted by atomic mass is 10.2. The Morgan fingerprint density at radius 1 is 1.21 bits per heavy atom. The number of nitrogens with one attached hydrogen (secondary N) is 3. The van der Waals surface area contributed by atoms with Gasteiger partial charge < -0.3 is 25.1 Å². The summed E-state index contributed by atoms with van der Waals surface area (Å²) in [5.41, 5.74) is 0.581. The van der Waals surface area contributed by atoms with Gasteiger partial charge in [-0.15, -0.1) is 10.2 Å². The summed E-state index contributed by atoms with van der Waals surface area (Å²) >= 11 is 0. The van der Waals surface area contributed by atoms with Crippen molar-refractivity contribution in [3.8, 4) is 0 Å². The molecule has 0 aliphatic heterocycles. The van der Waals surface area contributed by atoms with Gasteiger partial charge in [0.2, 0.25) is 5.91 Å². The molecule has 2 amide bonds. The summed E-state index contributed by atoms with van der Waals surface area (Å²) in [4.78, 5) is 37.4. The molecule has 0 aromatic carbocycles. The SMILES string of the molecule is [2H]C([2H])([2H])NC(=O)c1nnc(NC(=O)C2CC2)cc1Nc1cn(C)c2ccn(C)c(=O)c12. The molecule has 3 aromatic rings. The maximum atomic E-state index is 12.7. The molecule has 0 radical (unpaired) electrons. The first-order valence-electron chi connectivity index (χ1n) is 10.5. The zero-order chi connectivity index (χ0) is 23.2. The molecule has 10 nitrogen and oxygen atoms in total. The summed E-state index contributed by atoms with van der Waals surface area (Å²) in [5, 5.41) is 15.6. The minimum absolute atomic E-state index is 0.0761. The highest BCUT2D eigenvalue weighted by atomic mass is 16.2. The molecular formula is C19H21N7O3. The summed E-state index contributed by atoms with van der Waals surface area (Å²) in [5.74, 6) is -1.16. The maximum absolute atomic E-state index is 12.7. The van der Waals surface area contributed by atoms with Crippen LogP contribution in [0.15, 0.2) is 29.3 Å². The Balaban J connectivity index is 1.77. The fraction of sp³-hybridized carbons (Fsp3) is 0.316. The summed E-state index contributed by atoms with van der Waals surface area (Å²) in [6, 6.07) is 3.16. The van der Waals surface area contributed by atoms with Crippen molar-refractivity contribution in [2.24, 2.45) is 20.0 Å². The second kappa shape index (κ2) is 7.04. The van der Waals surface area contributed by atoms with Gasteiger partial charge in [0.15, 0.2) is 11.5 Å². The maximum Gasteiger partial charge on any atom is 0.273 e. The highest BCUT2D eigenvalue weighted by Crippen LogP contribution is 2.31. The van der Waals surface area contributed by atoms with Gasteiger partial charge in [0, 0.05) is 49.6 Å². The molecule has 0 bridgehead atoms. The molecule has 0 atom stereocenters. The second-order valence-corrected chi connectivity index (χ2v) is 6.98. The standard InChI is InChI=1S/C19H21N7O3/c1-20-18(28)16-11(8-14(23-24-16)22-17(27)10-4-5-10)21-12-9-26(3)13-6-7-25(2)19(29)15(12)13/h6-10H,4-5H2,1-3H3,(H,20,28)(H2,21,22,23,27)/i1D3. The number of amides is 2. The van der Waals surface area contributed by atoms with E-state index in [1.165, 1.54) is 10.6 Å². The van der Waals surface area contributed by atoms with Crippen molar-refractivity contribution in [2.45, 2.75) is 12.8 Å². The number of anilines is 3. The van der Waals surface area contributed by atoms with Gasteiger partial charge in [-0.05, 0) is 18.9 Å². The molecule has 1 aliphatic rings. The van der Waals surface area contributed by atoms with Gasteiger partial charge >= 0.3 is 0 Å². The molecule has 150 valence electrons. The fourth-order valence-corrected chi connectivity index (χ4v) is 3.08. The quantitative estimate of drug-likeness (QED) is 0.592. The molecule has 10 heteroatoms. The van der Waals surface area contributed by atoms with Gasteiger partial charge in [0.25, 0.3) is 11.5 Å². The highest BCUT2D eigenvalue weighted by Gasteiger charge is 2.30. The van der Waals surface area contributed by atoms with Crippen molar-refractivity contribution in [3.05, 3.63) is 40.6 Å². The number of hydrogen-bond acceptors (Lipinski definition) is 6. The lowest BCUT2D eigenvalue weighted by Gasteiger charge is -2.11. The van der Waals surface area contributed by atoms with Gasteiger partial charge in [-0.1, -0.05) is 0 Å². The first-order valence-corrected chi connectivity index (χ1v) is 8.96. The van der Waals surface area contributed by atoms with Crippen LogP contribution in [-0.4, -0.2) is 38.1 Å². The molecule has 0 saturated heterocycles. The van der Waals surface area contributed by atoms with Crippen LogP contribution < -0.4 is 21.5 Å². The minimum Gasteiger partial charge on any atom is -0.354 e. The number of carbonyl (C=O) groups is 2. The van der Waals surface area contributed by atoms with E-state index in [0.717, 1.165) is 12.8 Å². The average molecular weight is 398 g/mol. The number of nitrogens with zero attached hydrogens (tertiary/aromatic N) is 4. The highest BCUT2D eigenvalue weighted by molar-refractivity contribution is 6.01. The van der Waals surface area contributed by atoms with E-state index in [1.807, 2.05) is 5.32 Å². The van der Waals surface area contributed by atoms with Crippen molar-refractivity contribution in [1.82, 2.24) is 24.6 Å². The molecule has 0 spiro atoms. The van der Waals surface area contributed by atoms with E-state index < -0.39 is 12.9 Å². The predicted molar refractivity (Wildman–Crippen MR) is 108 cm³/mol. The largest absolute Gasteiger partial charge is 0.354 e. The number of rotatable bonds is 5. The fourth-order valence-electron chi connectivity index (χ4n) is 3.08. The van der Waals surface area contributed by atoms with Crippen molar-refractivity contribution in [2.75, 3.05) is 17.6 Å². The number of fused-ring (bicyclic) bond motifs is 1. The monoisotopic (exact) mass is 398 g/mol. The van der Waals surface area contributed by atoms with Gasteiger partial charge in [0.1, 0.15) is 0 Å². The normalized spacial score (nSPS) is 15.3. The average Bonchev–Trinajstić information content (AvgIpc) is 3.49. The van der Waals surface area contributed by atoms with Crippen molar-refractivity contribution in [1.29, 1.82) is 0 Å². The van der Waals surface area contributed by atoms with E-state index in [-0.39, 0.29) is 34.6 Å². The smallest absolute Gasteiger partial charge is 0.273 e. The van der Waals surface area contributed by atoms with Crippen LogP contribution in [-0.2, 0) is 18.9 Å². The topological polar surface area (TPSA) is 123 Å². The van der Waals surface area contributed by atoms with E-state index in [0.29, 0.717) is 16.6 Å². The van der Waals surface area contributed by atoms with Crippen LogP contribution in [0.2, 0.25) is 0 Å². The molecular weight excluding hydrogens is 374 g/mol. The first kappa shape index (κ1) is 15.3. The van der Waals surface area contributed by atoms with E-state index in [1.54, 1.807) is 37.1 Å². The summed E-state index contributed by atoms with van der Waals surface area (Å²) in [6.45, 7) is -2.73. The lowest BCUT2D eigenvalue weighted by Crippen LogP contribution is -2.22. The Labute approximate surface area is 170 Å². The number of aromatic nitrogens is 4. The Bertz CT molecular complexity index is 1290. The van der Waals surface area contributed by atoms with Crippen LogP contribution in [0.4, 0.5) is 17.2 Å². The zero-order valence-electron chi connectivity index (χ0n) is 18.8. The van der Waals surface area contributed by atoms with Crippen molar-refractivity contribution < 1.29 is 13.7 Å². The Morgan fingerprint density at radius 3 is 2.72 bits per heavy atom. The molecule has 4 rings (SSSR count). The zero-order valence-corrected chi connectivity index (χ0v) is 15.8. The molecule has 3 heterocycles. The third kappa shape index (κ3) is 3.44. The lowest BCUT2D eigenvalue weighted by molar-refractivity contribution is -0.117. The van der Waals surface area contributed by atoms with E-state index in [9.17, 15) is 14.4 Å². The summed E-state index contributed by atoms with van der Waals surface area (Å²) in [7, 11) is 3.38. The molecule has 1 aliphatic carbocycles. The second-order valence-electron chi connectivity index (χ2n) is 6.98. The van der Waals surface area contributed by atoms with E-state index >= 15 is 0 Å². The first-order chi connectivity index (χ1) is 15.0. The summed E-state index contributed by atoms with van der Waals surface area (Å²) < 4.78 is 25.0. The van der Waals surface area contributed by atoms with Crippen molar-refractivity contribution in [3.63, 3.8) is 0 Å². The third-order valence-electron chi connectivity index (χ3n) is 4.81. The van der Waals surface area contributed by atoms with Crippen LogP contribution in [0, 0.1) is 5.92 Å². The molecule has 3 N–H and O–H groups in total. The van der Waals surface area contributed by atoms with Gasteiger partial charge in [-0.3, -0.25) is 14.4 Å². The molecule has 0 unspecified atom stereocenters. The molecule has 3 aromatic heterocycles. The van der Waals surface area contributed by atoms with Crippen LogP contribution in [0.3, 0.4) is 0 Å². The van der Waals surface area contributed by atoms with Gasteiger partial charge in [-0.2, -0.15) is 0 Å². The van der Waals surface area contributed by atoms with Crippen LogP contribution in [0.1, 0.15) is 27.4 Å². The van der Waals surface area contributed by atoms with Crippen LogP contribution in [0.5, 0.6) is 0 Å². The number of pyridine rings is 1. The predicted octanol–water partition coefficient (Wildman–Crippen LogP) is 1.12. The Kier molecular flexibility index (Phi) is 3.71.